The molecular weight excluding hydrogens is 326 g/mol. The van der Waals surface area contributed by atoms with Gasteiger partial charge in [0.2, 0.25) is 11.7 Å². The Kier molecular flexibility index (Phi) is 4.11. The maximum Gasteiger partial charge on any atom is 0.261 e. The van der Waals surface area contributed by atoms with Crippen LogP contribution in [0.1, 0.15) is 17.0 Å². The minimum Gasteiger partial charge on any atom is -0.339 e. The lowest BCUT2D eigenvalue weighted by atomic mass is 10.1. The van der Waals surface area contributed by atoms with Crippen LogP contribution in [0.25, 0.3) is 11.4 Å². The number of nitrogens with zero attached hydrogens (tertiary/aromatic N) is 2. The van der Waals surface area contributed by atoms with Gasteiger partial charge in [0.05, 0.1) is 10.6 Å². The van der Waals surface area contributed by atoms with Gasteiger partial charge in [-0.05, 0) is 37.6 Å². The third-order valence-electron chi connectivity index (χ3n) is 3.56. The first-order chi connectivity index (χ1) is 11.3. The fourth-order valence-corrected chi connectivity index (χ4v) is 3.53. The number of sulfonamides is 1. The molecule has 0 aliphatic carbocycles. The van der Waals surface area contributed by atoms with Gasteiger partial charge in [-0.2, -0.15) is 4.98 Å². The fourth-order valence-electron chi connectivity index (χ4n) is 2.35. The SMILES string of the molecule is Cc1ccc(NS(=O)(=O)c2cccc(-c3noc(C)n3)c2)c(C)c1. The van der Waals surface area contributed by atoms with Gasteiger partial charge in [-0.3, -0.25) is 4.72 Å². The Labute approximate surface area is 140 Å². The molecule has 0 saturated heterocycles. The van der Waals surface area contributed by atoms with Crippen molar-refractivity contribution in [2.75, 3.05) is 4.72 Å². The van der Waals surface area contributed by atoms with E-state index in [9.17, 15) is 8.42 Å². The minimum atomic E-state index is -3.71. The Balaban J connectivity index is 1.95. The normalized spacial score (nSPS) is 11.5. The smallest absolute Gasteiger partial charge is 0.261 e. The van der Waals surface area contributed by atoms with Crippen molar-refractivity contribution in [3.63, 3.8) is 0 Å². The summed E-state index contributed by atoms with van der Waals surface area (Å²) in [7, 11) is -3.71. The van der Waals surface area contributed by atoms with Crippen LogP contribution in [0.2, 0.25) is 0 Å². The molecule has 0 aliphatic heterocycles. The number of nitrogens with one attached hydrogen (secondary N) is 1. The summed E-state index contributed by atoms with van der Waals surface area (Å²) >= 11 is 0. The summed E-state index contributed by atoms with van der Waals surface area (Å²) in [6.07, 6.45) is 0. The fraction of sp³-hybridized carbons (Fsp3) is 0.176. The maximum absolute atomic E-state index is 12.7. The zero-order valence-corrected chi connectivity index (χ0v) is 14.4. The first kappa shape index (κ1) is 16.2. The molecule has 0 bridgehead atoms. The quantitative estimate of drug-likeness (QED) is 0.784. The third-order valence-corrected chi connectivity index (χ3v) is 4.92. The number of benzene rings is 2. The van der Waals surface area contributed by atoms with Gasteiger partial charge in [0.15, 0.2) is 0 Å². The summed E-state index contributed by atoms with van der Waals surface area (Å²) in [6, 6.07) is 12.0. The molecule has 0 saturated carbocycles. The van der Waals surface area contributed by atoms with Gasteiger partial charge in [-0.25, -0.2) is 8.42 Å². The van der Waals surface area contributed by atoms with E-state index in [1.807, 2.05) is 26.0 Å². The molecule has 0 fully saturated rings. The van der Waals surface area contributed by atoms with Gasteiger partial charge in [-0.15, -0.1) is 0 Å². The Bertz CT molecular complexity index is 994. The van der Waals surface area contributed by atoms with E-state index in [1.54, 1.807) is 25.1 Å². The van der Waals surface area contributed by atoms with E-state index in [1.165, 1.54) is 12.1 Å². The average molecular weight is 343 g/mol. The van der Waals surface area contributed by atoms with E-state index in [0.29, 0.717) is 23.0 Å². The lowest BCUT2D eigenvalue weighted by molar-refractivity contribution is 0.394. The van der Waals surface area contributed by atoms with Crippen LogP contribution in [-0.4, -0.2) is 18.6 Å². The molecule has 7 heteroatoms. The summed E-state index contributed by atoms with van der Waals surface area (Å²) in [6.45, 7) is 5.50. The lowest BCUT2D eigenvalue weighted by Gasteiger charge is -2.11. The van der Waals surface area contributed by atoms with Gasteiger partial charge in [0.1, 0.15) is 0 Å². The highest BCUT2D eigenvalue weighted by molar-refractivity contribution is 7.92. The first-order valence-electron chi connectivity index (χ1n) is 7.36. The highest BCUT2D eigenvalue weighted by Gasteiger charge is 2.17. The molecule has 1 aromatic heterocycles. The van der Waals surface area contributed by atoms with E-state index in [0.717, 1.165) is 11.1 Å². The Morgan fingerprint density at radius 1 is 1.04 bits per heavy atom. The molecule has 2 aromatic carbocycles. The van der Waals surface area contributed by atoms with Gasteiger partial charge in [0, 0.05) is 12.5 Å². The Morgan fingerprint density at radius 3 is 2.50 bits per heavy atom. The molecule has 0 atom stereocenters. The number of aryl methyl sites for hydroxylation is 3. The second-order valence-corrected chi connectivity index (χ2v) is 7.27. The van der Waals surface area contributed by atoms with Crippen molar-refractivity contribution in [3.8, 4) is 11.4 Å². The van der Waals surface area contributed by atoms with Crippen molar-refractivity contribution in [1.29, 1.82) is 0 Å². The highest BCUT2D eigenvalue weighted by atomic mass is 32.2. The van der Waals surface area contributed by atoms with Gasteiger partial charge in [-0.1, -0.05) is 35.0 Å². The number of hydrogen-bond donors (Lipinski definition) is 1. The third kappa shape index (κ3) is 3.30. The molecule has 6 nitrogen and oxygen atoms in total. The van der Waals surface area contributed by atoms with Crippen molar-refractivity contribution in [1.82, 2.24) is 10.1 Å². The summed E-state index contributed by atoms with van der Waals surface area (Å²) in [5, 5.41) is 3.82. The predicted octanol–water partition coefficient (Wildman–Crippen LogP) is 3.46. The van der Waals surface area contributed by atoms with Crippen LogP contribution in [0.15, 0.2) is 51.9 Å². The van der Waals surface area contributed by atoms with E-state index in [-0.39, 0.29) is 4.90 Å². The first-order valence-corrected chi connectivity index (χ1v) is 8.84. The molecular formula is C17H17N3O3S. The molecule has 3 aromatic rings. The van der Waals surface area contributed by atoms with Gasteiger partial charge >= 0.3 is 0 Å². The summed E-state index contributed by atoms with van der Waals surface area (Å²) in [5.74, 6) is 0.780. The number of hydrogen-bond acceptors (Lipinski definition) is 5. The Hall–Kier alpha value is -2.67. The molecule has 1 N–H and O–H groups in total. The van der Waals surface area contributed by atoms with Crippen LogP contribution in [0, 0.1) is 20.8 Å². The molecule has 0 aliphatic rings. The summed E-state index contributed by atoms with van der Waals surface area (Å²) < 4.78 is 32.9. The van der Waals surface area contributed by atoms with Gasteiger partial charge in [0.25, 0.3) is 10.0 Å². The largest absolute Gasteiger partial charge is 0.339 e. The molecule has 0 spiro atoms. The van der Waals surface area contributed by atoms with Crippen LogP contribution in [-0.2, 0) is 10.0 Å². The van der Waals surface area contributed by atoms with Crippen LogP contribution < -0.4 is 4.72 Å². The van der Waals surface area contributed by atoms with Crippen LogP contribution in [0.4, 0.5) is 5.69 Å². The molecule has 1 heterocycles. The van der Waals surface area contributed by atoms with E-state index in [2.05, 4.69) is 14.9 Å². The van der Waals surface area contributed by atoms with Crippen molar-refractivity contribution in [2.24, 2.45) is 0 Å². The zero-order valence-electron chi connectivity index (χ0n) is 13.6. The number of anilines is 1. The van der Waals surface area contributed by atoms with E-state index < -0.39 is 10.0 Å². The molecule has 24 heavy (non-hydrogen) atoms. The van der Waals surface area contributed by atoms with E-state index >= 15 is 0 Å². The molecule has 0 unspecified atom stereocenters. The number of rotatable bonds is 4. The van der Waals surface area contributed by atoms with Crippen LogP contribution in [0.3, 0.4) is 0 Å². The monoisotopic (exact) mass is 343 g/mol. The minimum absolute atomic E-state index is 0.141. The van der Waals surface area contributed by atoms with Gasteiger partial charge < -0.3 is 4.52 Å². The molecule has 3 rings (SSSR count). The number of aromatic nitrogens is 2. The Morgan fingerprint density at radius 2 is 1.83 bits per heavy atom. The molecule has 0 amide bonds. The molecule has 124 valence electrons. The summed E-state index contributed by atoms with van der Waals surface area (Å²) in [5.41, 5.74) is 3.07. The van der Waals surface area contributed by atoms with Crippen molar-refractivity contribution in [2.45, 2.75) is 25.7 Å². The average Bonchev–Trinajstić information content (AvgIpc) is 2.97. The van der Waals surface area contributed by atoms with E-state index in [4.69, 9.17) is 4.52 Å². The van der Waals surface area contributed by atoms with Crippen molar-refractivity contribution >= 4 is 15.7 Å². The topological polar surface area (TPSA) is 85.1 Å². The second-order valence-electron chi connectivity index (χ2n) is 5.59. The maximum atomic E-state index is 12.7. The van der Waals surface area contributed by atoms with Crippen LogP contribution in [0.5, 0.6) is 0 Å². The van der Waals surface area contributed by atoms with Crippen molar-refractivity contribution in [3.05, 3.63) is 59.5 Å². The zero-order chi connectivity index (χ0) is 17.3. The second kappa shape index (κ2) is 6.09. The highest BCUT2D eigenvalue weighted by Crippen LogP contribution is 2.24. The summed E-state index contributed by atoms with van der Waals surface area (Å²) in [4.78, 5) is 4.26. The molecule has 0 radical (unpaired) electrons. The standard InChI is InChI=1S/C17H17N3O3S/c1-11-7-8-16(12(2)9-11)20-24(21,22)15-6-4-5-14(10-15)17-18-13(3)23-19-17/h4-10,20H,1-3H3. The lowest BCUT2D eigenvalue weighted by Crippen LogP contribution is -2.13. The van der Waals surface area contributed by atoms with Crippen molar-refractivity contribution < 1.29 is 12.9 Å². The van der Waals surface area contributed by atoms with Crippen LogP contribution >= 0.6 is 0 Å². The predicted molar refractivity (Wildman–Crippen MR) is 91.2 cm³/mol.